The van der Waals surface area contributed by atoms with Gasteiger partial charge < -0.3 is 20.3 Å². The molecule has 1 amide bonds. The minimum Gasteiger partial charge on any atom is -0.375 e. The van der Waals surface area contributed by atoms with E-state index in [9.17, 15) is 4.79 Å². The molecule has 23 heavy (non-hydrogen) atoms. The maximum absolute atomic E-state index is 12.4. The molecule has 2 N–H and O–H groups in total. The highest BCUT2D eigenvalue weighted by atomic mass is 127. The molecule has 1 fully saturated rings. The first-order valence-electron chi connectivity index (χ1n) is 7.70. The number of halogens is 1. The lowest BCUT2D eigenvalue weighted by atomic mass is 10.2. The van der Waals surface area contributed by atoms with Crippen LogP contribution in [0.4, 0.5) is 5.69 Å². The molecule has 0 bridgehead atoms. The molecule has 1 unspecified atom stereocenters. The van der Waals surface area contributed by atoms with E-state index >= 15 is 0 Å². The van der Waals surface area contributed by atoms with Gasteiger partial charge >= 0.3 is 0 Å². The minimum atomic E-state index is -0.00536. The van der Waals surface area contributed by atoms with Crippen LogP contribution in [-0.4, -0.2) is 55.7 Å². The Balaban J connectivity index is 0.00000192. The third-order valence-electron chi connectivity index (χ3n) is 4.13. The number of rotatable bonds is 2. The summed E-state index contributed by atoms with van der Waals surface area (Å²) >= 11 is 0. The Kier molecular flexibility index (Phi) is 6.23. The monoisotopic (exact) mass is 430 g/mol. The number of benzene rings is 1. The fraction of sp³-hybridized carbons (Fsp3) is 0.500. The second-order valence-electron chi connectivity index (χ2n) is 5.73. The van der Waals surface area contributed by atoms with E-state index in [0.29, 0.717) is 12.6 Å². The Morgan fingerprint density at radius 2 is 2.17 bits per heavy atom. The minimum absolute atomic E-state index is 0. The van der Waals surface area contributed by atoms with Gasteiger partial charge in [-0.2, -0.15) is 0 Å². The Morgan fingerprint density at radius 3 is 2.96 bits per heavy atom. The van der Waals surface area contributed by atoms with Crippen molar-refractivity contribution in [1.29, 1.82) is 0 Å². The van der Waals surface area contributed by atoms with Crippen LogP contribution in [-0.2, 0) is 16.0 Å². The fourth-order valence-corrected chi connectivity index (χ4v) is 2.96. The van der Waals surface area contributed by atoms with Gasteiger partial charge in [0, 0.05) is 25.3 Å². The number of aliphatic imine (C=N–C) groups is 1. The van der Waals surface area contributed by atoms with Crippen molar-refractivity contribution in [2.45, 2.75) is 19.4 Å². The van der Waals surface area contributed by atoms with Crippen LogP contribution in [0.3, 0.4) is 0 Å². The number of guanidine groups is 1. The highest BCUT2D eigenvalue weighted by Gasteiger charge is 2.24. The maximum atomic E-state index is 12.4. The second-order valence-corrected chi connectivity index (χ2v) is 5.73. The zero-order valence-corrected chi connectivity index (χ0v) is 15.6. The molecule has 1 saturated heterocycles. The summed E-state index contributed by atoms with van der Waals surface area (Å²) in [6.07, 6.45) is 1.05. The molecule has 1 aromatic rings. The van der Waals surface area contributed by atoms with Gasteiger partial charge in [-0.3, -0.25) is 4.79 Å². The maximum Gasteiger partial charge on any atom is 0.248 e. The number of ether oxygens (including phenoxy) is 1. The predicted molar refractivity (Wildman–Crippen MR) is 101 cm³/mol. The average Bonchev–Trinajstić information content (AvgIpc) is 2.96. The van der Waals surface area contributed by atoms with E-state index in [1.54, 1.807) is 4.90 Å². The van der Waals surface area contributed by atoms with Gasteiger partial charge in [-0.1, -0.05) is 18.2 Å². The average molecular weight is 430 g/mol. The summed E-state index contributed by atoms with van der Waals surface area (Å²) in [6.45, 7) is 4.90. The standard InChI is InChI=1S/C16H22N4O2.HI/c1-12-11-19(8-9-22-12)16(17)18-10-15(21)20-7-6-13-4-2-3-5-14(13)20;/h2-5,12H,6-11H2,1H3,(H2,17,18);1H. The predicted octanol–water partition coefficient (Wildman–Crippen LogP) is 1.23. The highest BCUT2D eigenvalue weighted by Crippen LogP contribution is 2.27. The van der Waals surface area contributed by atoms with Crippen LogP contribution in [0, 0.1) is 0 Å². The number of carbonyl (C=O) groups excluding carboxylic acids is 1. The van der Waals surface area contributed by atoms with Gasteiger partial charge in [-0.25, -0.2) is 4.99 Å². The molecular weight excluding hydrogens is 407 g/mol. The SMILES string of the molecule is CC1CN(C(N)=NCC(=O)N2CCc3ccccc32)CCO1.I. The summed E-state index contributed by atoms with van der Waals surface area (Å²) in [4.78, 5) is 20.4. The van der Waals surface area contributed by atoms with Gasteiger partial charge in [0.15, 0.2) is 5.96 Å². The lowest BCUT2D eigenvalue weighted by Gasteiger charge is -2.31. The smallest absolute Gasteiger partial charge is 0.248 e. The van der Waals surface area contributed by atoms with Crippen molar-refractivity contribution < 1.29 is 9.53 Å². The van der Waals surface area contributed by atoms with Crippen molar-refractivity contribution >= 4 is 41.5 Å². The highest BCUT2D eigenvalue weighted by molar-refractivity contribution is 14.0. The van der Waals surface area contributed by atoms with Gasteiger partial charge in [0.05, 0.1) is 12.7 Å². The summed E-state index contributed by atoms with van der Waals surface area (Å²) in [5.41, 5.74) is 8.22. The fourth-order valence-electron chi connectivity index (χ4n) is 2.96. The molecule has 2 aliphatic heterocycles. The Hall–Kier alpha value is -1.35. The molecule has 0 radical (unpaired) electrons. The number of morpholine rings is 1. The van der Waals surface area contributed by atoms with Crippen molar-refractivity contribution in [1.82, 2.24) is 4.90 Å². The number of amides is 1. The van der Waals surface area contributed by atoms with E-state index in [4.69, 9.17) is 10.5 Å². The van der Waals surface area contributed by atoms with E-state index in [-0.39, 0.29) is 42.5 Å². The van der Waals surface area contributed by atoms with E-state index < -0.39 is 0 Å². The summed E-state index contributed by atoms with van der Waals surface area (Å²) in [5.74, 6) is 0.421. The van der Waals surface area contributed by atoms with Gasteiger partial charge in [-0.05, 0) is 25.0 Å². The molecular formula is C16H23IN4O2. The molecule has 2 aliphatic rings. The third-order valence-corrected chi connectivity index (χ3v) is 4.13. The van der Waals surface area contributed by atoms with Gasteiger partial charge in [0.1, 0.15) is 6.54 Å². The first kappa shape index (κ1) is 18.0. The number of para-hydroxylation sites is 1. The van der Waals surface area contributed by atoms with Crippen molar-refractivity contribution in [3.05, 3.63) is 29.8 Å². The Labute approximate surface area is 153 Å². The molecule has 0 saturated carbocycles. The number of anilines is 1. The molecule has 2 heterocycles. The topological polar surface area (TPSA) is 71.2 Å². The van der Waals surface area contributed by atoms with Crippen LogP contribution in [0.25, 0.3) is 0 Å². The van der Waals surface area contributed by atoms with Crippen molar-refractivity contribution in [3.8, 4) is 0 Å². The molecule has 126 valence electrons. The number of hydrogen-bond donors (Lipinski definition) is 1. The molecule has 0 aromatic heterocycles. The van der Waals surface area contributed by atoms with Gasteiger partial charge in [-0.15, -0.1) is 24.0 Å². The lowest BCUT2D eigenvalue weighted by molar-refractivity contribution is -0.117. The molecule has 0 aliphatic carbocycles. The van der Waals surface area contributed by atoms with E-state index in [1.165, 1.54) is 5.56 Å². The zero-order valence-electron chi connectivity index (χ0n) is 13.3. The second kappa shape index (κ2) is 7.96. The number of hydrogen-bond acceptors (Lipinski definition) is 3. The summed E-state index contributed by atoms with van der Waals surface area (Å²) in [5, 5.41) is 0. The molecule has 0 spiro atoms. The lowest BCUT2D eigenvalue weighted by Crippen LogP contribution is -2.48. The molecule has 1 aromatic carbocycles. The molecule has 3 rings (SSSR count). The number of nitrogens with two attached hydrogens (primary N) is 1. The molecule has 7 heteroatoms. The quantitative estimate of drug-likeness (QED) is 0.436. The molecule has 6 nitrogen and oxygen atoms in total. The van der Waals surface area contributed by atoms with Gasteiger partial charge in [0.2, 0.25) is 5.91 Å². The first-order valence-corrected chi connectivity index (χ1v) is 7.70. The summed E-state index contributed by atoms with van der Waals surface area (Å²) in [7, 11) is 0. The van der Waals surface area contributed by atoms with Gasteiger partial charge in [0.25, 0.3) is 0 Å². The normalized spacial score (nSPS) is 20.9. The number of fused-ring (bicyclic) bond motifs is 1. The Bertz CT molecular complexity index is 593. The molecule has 1 atom stereocenters. The summed E-state index contributed by atoms with van der Waals surface area (Å²) < 4.78 is 5.48. The van der Waals surface area contributed by atoms with Crippen LogP contribution in [0.2, 0.25) is 0 Å². The zero-order chi connectivity index (χ0) is 15.5. The van der Waals surface area contributed by atoms with Crippen LogP contribution in [0.1, 0.15) is 12.5 Å². The van der Waals surface area contributed by atoms with Crippen molar-refractivity contribution in [2.24, 2.45) is 10.7 Å². The third kappa shape index (κ3) is 4.14. The van der Waals surface area contributed by atoms with E-state index in [2.05, 4.69) is 11.1 Å². The van der Waals surface area contributed by atoms with Crippen LogP contribution in [0.5, 0.6) is 0 Å². The number of nitrogens with zero attached hydrogens (tertiary/aromatic N) is 3. The van der Waals surface area contributed by atoms with E-state index in [0.717, 1.165) is 31.7 Å². The van der Waals surface area contributed by atoms with Crippen LogP contribution in [0.15, 0.2) is 29.3 Å². The Morgan fingerprint density at radius 1 is 1.39 bits per heavy atom. The van der Waals surface area contributed by atoms with Crippen molar-refractivity contribution in [3.63, 3.8) is 0 Å². The van der Waals surface area contributed by atoms with Crippen molar-refractivity contribution in [2.75, 3.05) is 37.7 Å². The largest absolute Gasteiger partial charge is 0.375 e. The van der Waals surface area contributed by atoms with Crippen LogP contribution < -0.4 is 10.6 Å². The van der Waals surface area contributed by atoms with E-state index in [1.807, 2.05) is 30.0 Å². The first-order chi connectivity index (χ1) is 10.6. The number of carbonyl (C=O) groups is 1. The van der Waals surface area contributed by atoms with Crippen LogP contribution >= 0.6 is 24.0 Å². The summed E-state index contributed by atoms with van der Waals surface area (Å²) in [6, 6.07) is 8.01.